The van der Waals surface area contributed by atoms with Gasteiger partial charge in [0.05, 0.1) is 5.56 Å². The van der Waals surface area contributed by atoms with Crippen LogP contribution in [0.4, 0.5) is 8.78 Å². The molecule has 0 spiro atoms. The van der Waals surface area contributed by atoms with Crippen molar-refractivity contribution in [2.45, 2.75) is 6.92 Å². The second kappa shape index (κ2) is 5.31. The third kappa shape index (κ3) is 2.63. The number of fused-ring (bicyclic) bond motifs is 1. The summed E-state index contributed by atoms with van der Waals surface area (Å²) in [4.78, 5) is 8.18. The highest BCUT2D eigenvalue weighted by Crippen LogP contribution is 2.30. The first-order valence-electron chi connectivity index (χ1n) is 6.04. The van der Waals surface area contributed by atoms with E-state index < -0.39 is 11.6 Å². The van der Waals surface area contributed by atoms with E-state index >= 15 is 0 Å². The van der Waals surface area contributed by atoms with E-state index in [2.05, 4.69) is 25.9 Å². The molecule has 0 fully saturated rings. The minimum Gasteiger partial charge on any atom is -0.225 e. The zero-order valence-electron chi connectivity index (χ0n) is 10.8. The second-order valence-corrected chi connectivity index (χ2v) is 5.88. The normalized spacial score (nSPS) is 11.1. The van der Waals surface area contributed by atoms with Gasteiger partial charge >= 0.3 is 0 Å². The number of aromatic nitrogens is 2. The Morgan fingerprint density at radius 1 is 1.05 bits per heavy atom. The zero-order chi connectivity index (χ0) is 15.1. The predicted octanol–water partition coefficient (Wildman–Crippen LogP) is 5.30. The number of benzene rings is 2. The number of hydrogen-bond acceptors (Lipinski definition) is 2. The lowest BCUT2D eigenvalue weighted by Gasteiger charge is -2.07. The molecule has 0 radical (unpaired) electrons. The van der Waals surface area contributed by atoms with Crippen LogP contribution in [0.15, 0.2) is 34.8 Å². The summed E-state index contributed by atoms with van der Waals surface area (Å²) in [5.41, 5.74) is 1.03. The molecule has 0 saturated heterocycles. The number of nitrogens with zero attached hydrogens (tertiary/aromatic N) is 2. The first-order valence-corrected chi connectivity index (χ1v) is 7.21. The molecule has 0 bridgehead atoms. The Kier molecular flexibility index (Phi) is 3.63. The average molecular weight is 370 g/mol. The molecule has 2 nitrogen and oxygen atoms in total. The van der Waals surface area contributed by atoms with Crippen molar-refractivity contribution in [2.24, 2.45) is 0 Å². The number of halogens is 4. The van der Waals surface area contributed by atoms with Crippen LogP contribution < -0.4 is 0 Å². The average Bonchev–Trinajstić information content (AvgIpc) is 2.40. The molecule has 0 unspecified atom stereocenters. The first kappa shape index (κ1) is 14.4. The standard InChI is InChI=1S/C15H8BrClF2N2/c1-7-2-3-9(11(18)4-7)15-20-13-10(14(17)21-15)5-8(16)6-12(13)19/h2-6H,1H3. The Bertz CT molecular complexity index is 868. The van der Waals surface area contributed by atoms with Gasteiger partial charge in [0.25, 0.3) is 0 Å². The fourth-order valence-electron chi connectivity index (χ4n) is 2.04. The van der Waals surface area contributed by atoms with Crippen LogP contribution in [0.25, 0.3) is 22.3 Å². The molecule has 0 aliphatic heterocycles. The Labute approximate surface area is 132 Å². The summed E-state index contributed by atoms with van der Waals surface area (Å²) in [5.74, 6) is -0.952. The topological polar surface area (TPSA) is 25.8 Å². The van der Waals surface area contributed by atoms with Crippen molar-refractivity contribution < 1.29 is 8.78 Å². The first-order chi connectivity index (χ1) is 9.95. The summed E-state index contributed by atoms with van der Waals surface area (Å²) >= 11 is 9.26. The summed E-state index contributed by atoms with van der Waals surface area (Å²) in [6.07, 6.45) is 0. The van der Waals surface area contributed by atoms with E-state index in [1.54, 1.807) is 25.1 Å². The van der Waals surface area contributed by atoms with E-state index in [0.717, 1.165) is 5.56 Å². The molecule has 106 valence electrons. The fraction of sp³-hybridized carbons (Fsp3) is 0.0667. The van der Waals surface area contributed by atoms with Gasteiger partial charge in [-0.2, -0.15) is 0 Å². The molecule has 3 rings (SSSR count). The fourth-order valence-corrected chi connectivity index (χ4v) is 2.70. The van der Waals surface area contributed by atoms with Crippen molar-refractivity contribution >= 4 is 38.4 Å². The lowest BCUT2D eigenvalue weighted by molar-refractivity contribution is 0.627. The molecule has 21 heavy (non-hydrogen) atoms. The van der Waals surface area contributed by atoms with Crippen molar-refractivity contribution in [1.82, 2.24) is 9.97 Å². The Morgan fingerprint density at radius 2 is 1.81 bits per heavy atom. The lowest BCUT2D eigenvalue weighted by atomic mass is 10.1. The van der Waals surface area contributed by atoms with Crippen molar-refractivity contribution in [1.29, 1.82) is 0 Å². The summed E-state index contributed by atoms with van der Waals surface area (Å²) < 4.78 is 28.6. The maximum Gasteiger partial charge on any atom is 0.164 e. The highest BCUT2D eigenvalue weighted by atomic mass is 79.9. The van der Waals surface area contributed by atoms with Crippen LogP contribution in [-0.2, 0) is 0 Å². The van der Waals surface area contributed by atoms with Crippen molar-refractivity contribution in [3.8, 4) is 11.4 Å². The van der Waals surface area contributed by atoms with Gasteiger partial charge in [0.2, 0.25) is 0 Å². The van der Waals surface area contributed by atoms with Gasteiger partial charge in [0.15, 0.2) is 11.6 Å². The van der Waals surface area contributed by atoms with Crippen molar-refractivity contribution in [3.63, 3.8) is 0 Å². The molecule has 1 aromatic heterocycles. The Morgan fingerprint density at radius 3 is 2.52 bits per heavy atom. The highest BCUT2D eigenvalue weighted by molar-refractivity contribution is 9.10. The van der Waals surface area contributed by atoms with E-state index in [9.17, 15) is 8.78 Å². The van der Waals surface area contributed by atoms with Crippen molar-refractivity contribution in [3.05, 3.63) is 57.2 Å². The molecule has 0 aliphatic carbocycles. The van der Waals surface area contributed by atoms with Crippen LogP contribution in [0.2, 0.25) is 5.15 Å². The van der Waals surface area contributed by atoms with Crippen LogP contribution in [0, 0.1) is 18.6 Å². The van der Waals surface area contributed by atoms with Crippen LogP contribution >= 0.6 is 27.5 Å². The monoisotopic (exact) mass is 368 g/mol. The van der Waals surface area contributed by atoms with E-state index in [-0.39, 0.29) is 22.1 Å². The van der Waals surface area contributed by atoms with Crippen LogP contribution in [0.3, 0.4) is 0 Å². The van der Waals surface area contributed by atoms with Gasteiger partial charge < -0.3 is 0 Å². The van der Waals surface area contributed by atoms with E-state index in [1.165, 1.54) is 12.1 Å². The van der Waals surface area contributed by atoms with Gasteiger partial charge in [0, 0.05) is 9.86 Å². The Hall–Kier alpha value is -1.59. The van der Waals surface area contributed by atoms with Gasteiger partial charge in [0.1, 0.15) is 16.5 Å². The molecule has 0 aliphatic rings. The quantitative estimate of drug-likeness (QED) is 0.544. The van der Waals surface area contributed by atoms with Gasteiger partial charge in [-0.25, -0.2) is 18.7 Å². The summed E-state index contributed by atoms with van der Waals surface area (Å²) in [5, 5.41) is 0.454. The minimum atomic E-state index is -0.544. The second-order valence-electron chi connectivity index (χ2n) is 4.61. The van der Waals surface area contributed by atoms with Gasteiger partial charge in [-0.15, -0.1) is 0 Å². The van der Waals surface area contributed by atoms with Gasteiger partial charge in [-0.05, 0) is 36.8 Å². The summed E-state index contributed by atoms with van der Waals surface area (Å²) in [7, 11) is 0. The molecule has 3 aromatic rings. The Balaban J connectivity index is 2.30. The third-order valence-electron chi connectivity index (χ3n) is 3.04. The highest BCUT2D eigenvalue weighted by Gasteiger charge is 2.15. The van der Waals surface area contributed by atoms with Gasteiger partial charge in [-0.3, -0.25) is 0 Å². The van der Waals surface area contributed by atoms with E-state index in [4.69, 9.17) is 11.6 Å². The van der Waals surface area contributed by atoms with E-state index in [0.29, 0.717) is 9.86 Å². The molecular formula is C15H8BrClF2N2. The van der Waals surface area contributed by atoms with Crippen molar-refractivity contribution in [2.75, 3.05) is 0 Å². The maximum absolute atomic E-state index is 14.0. The van der Waals surface area contributed by atoms with Crippen LogP contribution in [0.1, 0.15) is 5.56 Å². The molecule has 6 heteroatoms. The molecule has 0 saturated carbocycles. The van der Waals surface area contributed by atoms with E-state index in [1.807, 2.05) is 0 Å². The van der Waals surface area contributed by atoms with Crippen LogP contribution in [0.5, 0.6) is 0 Å². The molecule has 1 heterocycles. The summed E-state index contributed by atoms with van der Waals surface area (Å²) in [6.45, 7) is 1.78. The maximum atomic E-state index is 14.0. The number of aryl methyl sites for hydroxylation is 1. The molecular weight excluding hydrogens is 362 g/mol. The smallest absolute Gasteiger partial charge is 0.164 e. The minimum absolute atomic E-state index is 0.0613. The molecule has 0 amide bonds. The number of hydrogen-bond donors (Lipinski definition) is 0. The lowest BCUT2D eigenvalue weighted by Crippen LogP contribution is -1.96. The largest absolute Gasteiger partial charge is 0.225 e. The summed E-state index contributed by atoms with van der Waals surface area (Å²) in [6, 6.07) is 7.56. The zero-order valence-corrected chi connectivity index (χ0v) is 13.1. The predicted molar refractivity (Wildman–Crippen MR) is 82.3 cm³/mol. The SMILES string of the molecule is Cc1ccc(-c2nc(Cl)c3cc(Br)cc(F)c3n2)c(F)c1. The van der Waals surface area contributed by atoms with Crippen LogP contribution in [-0.4, -0.2) is 9.97 Å². The molecule has 0 N–H and O–H groups in total. The van der Waals surface area contributed by atoms with Gasteiger partial charge in [-0.1, -0.05) is 33.6 Å². The molecule has 0 atom stereocenters. The molecule has 2 aromatic carbocycles. The third-order valence-corrected chi connectivity index (χ3v) is 3.78. The number of rotatable bonds is 1.